The largest absolute Gasteiger partial charge is 0.389 e. The number of hydrogen-bond acceptors (Lipinski definition) is 4. The van der Waals surface area contributed by atoms with Crippen molar-refractivity contribution in [2.75, 3.05) is 13.1 Å². The van der Waals surface area contributed by atoms with Gasteiger partial charge in [0, 0.05) is 12.1 Å². The molecule has 1 aromatic carbocycles. The molecule has 1 aromatic rings. The number of hydrogen-bond donors (Lipinski definition) is 3. The van der Waals surface area contributed by atoms with Crippen LogP contribution in [0.2, 0.25) is 0 Å². The molecule has 0 radical (unpaired) electrons. The van der Waals surface area contributed by atoms with E-state index in [4.69, 9.17) is 18.0 Å². The normalized spacial score (nSPS) is 11.1. The van der Waals surface area contributed by atoms with Gasteiger partial charge in [-0.1, -0.05) is 18.3 Å². The van der Waals surface area contributed by atoms with Crippen molar-refractivity contribution in [3.8, 4) is 0 Å². The van der Waals surface area contributed by atoms with Crippen LogP contribution in [0.15, 0.2) is 23.1 Å². The fraction of sp³-hybridized carbons (Fsp3) is 0.333. The number of nitrogens with two attached hydrogens (primary N) is 1. The fourth-order valence-electron chi connectivity index (χ4n) is 1.60. The zero-order valence-corrected chi connectivity index (χ0v) is 12.9. The van der Waals surface area contributed by atoms with Crippen molar-refractivity contribution in [1.82, 2.24) is 10.0 Å². The van der Waals surface area contributed by atoms with E-state index in [0.717, 1.165) is 0 Å². The number of thiocarbonyl (C=S) groups is 1. The number of carbonyl (C=O) groups is 1. The SMILES string of the molecule is CCNC(=O)CNS(=O)(=O)c1ccc(C(N)=S)cc1C. The van der Waals surface area contributed by atoms with Gasteiger partial charge in [0.2, 0.25) is 15.9 Å². The maximum atomic E-state index is 12.1. The van der Waals surface area contributed by atoms with E-state index in [1.807, 2.05) is 0 Å². The topological polar surface area (TPSA) is 101 Å². The van der Waals surface area contributed by atoms with Crippen LogP contribution in [0, 0.1) is 6.92 Å². The summed E-state index contributed by atoms with van der Waals surface area (Å²) >= 11 is 4.83. The third-order valence-electron chi connectivity index (χ3n) is 2.55. The standard InChI is InChI=1S/C12H17N3O3S2/c1-3-14-11(16)7-15-20(17,18)10-5-4-9(12(13)19)6-8(10)2/h4-6,15H,3,7H2,1-2H3,(H2,13,19)(H,14,16). The summed E-state index contributed by atoms with van der Waals surface area (Å²) < 4.78 is 26.4. The molecule has 0 aromatic heterocycles. The first-order valence-corrected chi connectivity index (χ1v) is 7.84. The summed E-state index contributed by atoms with van der Waals surface area (Å²) in [4.78, 5) is 11.6. The first-order chi connectivity index (χ1) is 9.27. The van der Waals surface area contributed by atoms with Crippen LogP contribution in [0.3, 0.4) is 0 Å². The predicted octanol–water partition coefficient (Wildman–Crippen LogP) is 0.0436. The molecule has 110 valence electrons. The Kier molecular flexibility index (Phi) is 5.61. The monoisotopic (exact) mass is 315 g/mol. The van der Waals surface area contributed by atoms with Gasteiger partial charge >= 0.3 is 0 Å². The minimum Gasteiger partial charge on any atom is -0.389 e. The maximum Gasteiger partial charge on any atom is 0.241 e. The summed E-state index contributed by atoms with van der Waals surface area (Å²) in [5, 5.41) is 2.51. The Hall–Kier alpha value is -1.51. The molecule has 0 aliphatic rings. The number of nitrogens with one attached hydrogen (secondary N) is 2. The number of aryl methyl sites for hydroxylation is 1. The zero-order valence-electron chi connectivity index (χ0n) is 11.3. The van der Waals surface area contributed by atoms with Crippen molar-refractivity contribution in [1.29, 1.82) is 0 Å². The summed E-state index contributed by atoms with van der Waals surface area (Å²) in [6, 6.07) is 4.56. The predicted molar refractivity (Wildman–Crippen MR) is 80.9 cm³/mol. The van der Waals surface area contributed by atoms with E-state index in [-0.39, 0.29) is 22.3 Å². The van der Waals surface area contributed by atoms with Gasteiger partial charge in [-0.15, -0.1) is 0 Å². The molecule has 0 fully saturated rings. The zero-order chi connectivity index (χ0) is 15.3. The molecule has 0 atom stereocenters. The Morgan fingerprint density at radius 3 is 2.55 bits per heavy atom. The van der Waals surface area contributed by atoms with Gasteiger partial charge in [-0.2, -0.15) is 0 Å². The average molecular weight is 315 g/mol. The van der Waals surface area contributed by atoms with Crippen molar-refractivity contribution < 1.29 is 13.2 Å². The molecule has 4 N–H and O–H groups in total. The number of amides is 1. The van der Waals surface area contributed by atoms with Crippen molar-refractivity contribution in [2.24, 2.45) is 5.73 Å². The lowest BCUT2D eigenvalue weighted by atomic mass is 10.1. The molecule has 6 nitrogen and oxygen atoms in total. The molecular weight excluding hydrogens is 298 g/mol. The average Bonchev–Trinajstić information content (AvgIpc) is 2.36. The van der Waals surface area contributed by atoms with Crippen molar-refractivity contribution in [3.63, 3.8) is 0 Å². The van der Waals surface area contributed by atoms with Gasteiger partial charge in [-0.3, -0.25) is 4.79 Å². The molecule has 1 amide bonds. The molecule has 0 saturated carbocycles. The molecule has 8 heteroatoms. The third-order valence-corrected chi connectivity index (χ3v) is 4.34. The van der Waals surface area contributed by atoms with Crippen LogP contribution in [0.1, 0.15) is 18.1 Å². The summed E-state index contributed by atoms with van der Waals surface area (Å²) in [5.74, 6) is -0.381. The molecule has 1 rings (SSSR count). The Morgan fingerprint density at radius 2 is 2.05 bits per heavy atom. The second-order valence-corrected chi connectivity index (χ2v) is 6.30. The Morgan fingerprint density at radius 1 is 1.40 bits per heavy atom. The second-order valence-electron chi connectivity index (χ2n) is 4.12. The Labute approximate surface area is 123 Å². The summed E-state index contributed by atoms with van der Waals surface area (Å²) in [7, 11) is -3.74. The summed E-state index contributed by atoms with van der Waals surface area (Å²) in [6.45, 7) is 3.54. The van der Waals surface area contributed by atoms with Crippen molar-refractivity contribution >= 4 is 33.1 Å². The van der Waals surface area contributed by atoms with E-state index in [2.05, 4.69) is 10.0 Å². The van der Waals surface area contributed by atoms with E-state index in [1.165, 1.54) is 12.1 Å². The number of likely N-dealkylation sites (N-methyl/N-ethyl adjacent to an activating group) is 1. The van der Waals surface area contributed by atoms with Crippen LogP contribution < -0.4 is 15.8 Å². The highest BCUT2D eigenvalue weighted by atomic mass is 32.2. The van der Waals surface area contributed by atoms with Crippen LogP contribution >= 0.6 is 12.2 Å². The molecule has 0 aliphatic carbocycles. The van der Waals surface area contributed by atoms with E-state index in [9.17, 15) is 13.2 Å². The van der Waals surface area contributed by atoms with Crippen molar-refractivity contribution in [2.45, 2.75) is 18.7 Å². The summed E-state index contributed by atoms with van der Waals surface area (Å²) in [6.07, 6.45) is 0. The van der Waals surface area contributed by atoms with Crippen LogP contribution in [0.4, 0.5) is 0 Å². The molecule has 0 bridgehead atoms. The molecular formula is C12H17N3O3S2. The van der Waals surface area contributed by atoms with Gasteiger partial charge in [-0.05, 0) is 31.5 Å². The lowest BCUT2D eigenvalue weighted by Gasteiger charge is -2.10. The number of carbonyl (C=O) groups excluding carboxylic acids is 1. The van der Waals surface area contributed by atoms with E-state index in [0.29, 0.717) is 17.7 Å². The van der Waals surface area contributed by atoms with Crippen molar-refractivity contribution in [3.05, 3.63) is 29.3 Å². The van der Waals surface area contributed by atoms with Crippen LogP contribution in [-0.4, -0.2) is 32.4 Å². The second kappa shape index (κ2) is 6.78. The van der Waals surface area contributed by atoms with Gasteiger partial charge in [0.15, 0.2) is 0 Å². The van der Waals surface area contributed by atoms with Gasteiger partial charge in [0.05, 0.1) is 11.4 Å². The Bertz CT molecular complexity index is 627. The molecule has 0 spiro atoms. The Balaban J connectivity index is 2.93. The first-order valence-electron chi connectivity index (χ1n) is 5.94. The van der Waals surface area contributed by atoms with Gasteiger partial charge in [0.1, 0.15) is 4.99 Å². The number of sulfonamides is 1. The quantitative estimate of drug-likeness (QED) is 0.644. The van der Waals surface area contributed by atoms with Crippen LogP contribution in [0.5, 0.6) is 0 Å². The number of rotatable bonds is 6. The van der Waals surface area contributed by atoms with Crippen LogP contribution in [-0.2, 0) is 14.8 Å². The molecule has 0 unspecified atom stereocenters. The molecule has 20 heavy (non-hydrogen) atoms. The van der Waals surface area contributed by atoms with E-state index >= 15 is 0 Å². The van der Waals surface area contributed by atoms with Gasteiger partial charge < -0.3 is 11.1 Å². The molecule has 0 aliphatic heterocycles. The molecule has 0 heterocycles. The minimum absolute atomic E-state index is 0.0989. The molecule has 0 saturated heterocycles. The van der Waals surface area contributed by atoms with Gasteiger partial charge in [-0.25, -0.2) is 13.1 Å². The van der Waals surface area contributed by atoms with E-state index < -0.39 is 10.0 Å². The smallest absolute Gasteiger partial charge is 0.241 e. The first kappa shape index (κ1) is 16.5. The van der Waals surface area contributed by atoms with Gasteiger partial charge in [0.25, 0.3) is 0 Å². The summed E-state index contributed by atoms with van der Waals surface area (Å²) in [5.41, 5.74) is 6.60. The minimum atomic E-state index is -3.74. The number of benzene rings is 1. The lowest BCUT2D eigenvalue weighted by molar-refractivity contribution is -0.119. The van der Waals surface area contributed by atoms with E-state index in [1.54, 1.807) is 19.9 Å². The lowest BCUT2D eigenvalue weighted by Crippen LogP contribution is -2.37. The maximum absolute atomic E-state index is 12.1. The third kappa shape index (κ3) is 4.26. The highest BCUT2D eigenvalue weighted by Gasteiger charge is 2.18. The van der Waals surface area contributed by atoms with Crippen LogP contribution in [0.25, 0.3) is 0 Å². The highest BCUT2D eigenvalue weighted by molar-refractivity contribution is 7.89. The highest BCUT2D eigenvalue weighted by Crippen LogP contribution is 2.16. The fourth-order valence-corrected chi connectivity index (χ4v) is 2.94.